The summed E-state index contributed by atoms with van der Waals surface area (Å²) in [5.74, 6) is -1.74. The molecule has 1 N–H and O–H groups in total. The van der Waals surface area contributed by atoms with Crippen LogP contribution in [0.15, 0.2) is 24.3 Å². The third-order valence-electron chi connectivity index (χ3n) is 3.57. The van der Waals surface area contributed by atoms with E-state index in [1.54, 1.807) is 0 Å². The first-order chi connectivity index (χ1) is 10.7. The molecule has 1 fully saturated rings. The Bertz CT molecular complexity index is 686. The van der Waals surface area contributed by atoms with Gasteiger partial charge < -0.3 is 10.1 Å². The molecule has 6 nitrogen and oxygen atoms in total. The topological polar surface area (TPSA) is 89.5 Å². The molecule has 0 unspecified atom stereocenters. The van der Waals surface area contributed by atoms with Crippen molar-refractivity contribution >= 4 is 27.4 Å². The molecule has 0 saturated carbocycles. The monoisotopic (exact) mass is 343 g/mol. The van der Waals surface area contributed by atoms with Crippen molar-refractivity contribution in [3.05, 3.63) is 30.1 Å². The van der Waals surface area contributed by atoms with Crippen molar-refractivity contribution in [2.75, 3.05) is 16.8 Å². The van der Waals surface area contributed by atoms with Crippen LogP contribution in [0.2, 0.25) is 0 Å². The van der Waals surface area contributed by atoms with E-state index in [1.807, 2.05) is 0 Å². The van der Waals surface area contributed by atoms with Gasteiger partial charge in [0, 0.05) is 12.1 Å². The van der Waals surface area contributed by atoms with Gasteiger partial charge in [-0.05, 0) is 43.5 Å². The van der Waals surface area contributed by atoms with Crippen molar-refractivity contribution in [3.63, 3.8) is 0 Å². The average molecular weight is 343 g/mol. The number of benzene rings is 1. The number of esters is 1. The maximum absolute atomic E-state index is 12.8. The third-order valence-corrected chi connectivity index (χ3v) is 5.41. The summed E-state index contributed by atoms with van der Waals surface area (Å²) in [6, 6.07) is 5.19. The van der Waals surface area contributed by atoms with Gasteiger partial charge in [0.1, 0.15) is 5.82 Å². The molecule has 8 heteroatoms. The van der Waals surface area contributed by atoms with Gasteiger partial charge in [-0.3, -0.25) is 9.59 Å². The molecule has 1 aliphatic rings. The number of halogens is 1. The van der Waals surface area contributed by atoms with Crippen LogP contribution in [0.1, 0.15) is 19.8 Å². The first-order valence-corrected chi connectivity index (χ1v) is 9.03. The molecule has 1 saturated heterocycles. The molecule has 1 amide bonds. The number of carbonyl (C=O) groups excluding carboxylic acids is 2. The maximum Gasteiger partial charge on any atom is 0.306 e. The minimum Gasteiger partial charge on any atom is -0.453 e. The third kappa shape index (κ3) is 5.31. The zero-order chi connectivity index (χ0) is 17.0. The first-order valence-electron chi connectivity index (χ1n) is 7.21. The maximum atomic E-state index is 12.8. The number of nitrogens with one attached hydrogen (secondary N) is 1. The highest BCUT2D eigenvalue weighted by Crippen LogP contribution is 2.22. The summed E-state index contributed by atoms with van der Waals surface area (Å²) in [6.07, 6.45) is -0.605. The molecule has 0 radical (unpaired) electrons. The summed E-state index contributed by atoms with van der Waals surface area (Å²) in [6.45, 7) is 1.42. The van der Waals surface area contributed by atoms with E-state index >= 15 is 0 Å². The predicted octanol–water partition coefficient (Wildman–Crippen LogP) is 1.52. The number of sulfone groups is 1. The lowest BCUT2D eigenvalue weighted by Gasteiger charge is -2.14. The van der Waals surface area contributed by atoms with E-state index in [-0.39, 0.29) is 23.8 Å². The van der Waals surface area contributed by atoms with Crippen LogP contribution in [0.25, 0.3) is 0 Å². The van der Waals surface area contributed by atoms with Crippen LogP contribution in [-0.4, -0.2) is 37.9 Å². The second-order valence-corrected chi connectivity index (χ2v) is 7.83. The van der Waals surface area contributed by atoms with Crippen molar-refractivity contribution in [3.8, 4) is 0 Å². The molecule has 1 heterocycles. The van der Waals surface area contributed by atoms with Crippen molar-refractivity contribution in [2.24, 2.45) is 5.92 Å². The van der Waals surface area contributed by atoms with E-state index in [4.69, 9.17) is 4.74 Å². The van der Waals surface area contributed by atoms with E-state index in [2.05, 4.69) is 5.32 Å². The Labute approximate surface area is 133 Å². The number of carbonyl (C=O) groups is 2. The van der Waals surface area contributed by atoms with E-state index in [1.165, 1.54) is 31.2 Å². The van der Waals surface area contributed by atoms with E-state index in [0.29, 0.717) is 12.1 Å². The summed E-state index contributed by atoms with van der Waals surface area (Å²) < 4.78 is 40.5. The van der Waals surface area contributed by atoms with Crippen LogP contribution in [0.4, 0.5) is 10.1 Å². The lowest BCUT2D eigenvalue weighted by atomic mass is 10.1. The standard InChI is InChI=1S/C15H18FNO5S/c1-10(15(19)17-13-4-2-12(16)3-5-13)22-14(18)8-11-6-7-23(20,21)9-11/h2-5,10-11H,6-9H2,1H3,(H,17,19)/t10-,11+/m1/s1. The number of anilines is 1. The smallest absolute Gasteiger partial charge is 0.306 e. The highest BCUT2D eigenvalue weighted by molar-refractivity contribution is 7.91. The second kappa shape index (κ2) is 7.08. The molecule has 1 aromatic carbocycles. The van der Waals surface area contributed by atoms with Gasteiger partial charge in [-0.2, -0.15) is 0 Å². The Morgan fingerprint density at radius 3 is 2.57 bits per heavy atom. The zero-order valence-electron chi connectivity index (χ0n) is 12.6. The largest absolute Gasteiger partial charge is 0.453 e. The van der Waals surface area contributed by atoms with Crippen LogP contribution in [0.5, 0.6) is 0 Å². The fourth-order valence-corrected chi connectivity index (χ4v) is 4.21. The van der Waals surface area contributed by atoms with Crippen LogP contribution < -0.4 is 5.32 Å². The second-order valence-electron chi connectivity index (χ2n) is 5.60. The molecule has 0 aromatic heterocycles. The van der Waals surface area contributed by atoms with Crippen molar-refractivity contribution in [1.82, 2.24) is 0 Å². The first kappa shape index (κ1) is 17.4. The summed E-state index contributed by atoms with van der Waals surface area (Å²) >= 11 is 0. The zero-order valence-corrected chi connectivity index (χ0v) is 13.4. The van der Waals surface area contributed by atoms with Crippen LogP contribution in [0.3, 0.4) is 0 Å². The fraction of sp³-hybridized carbons (Fsp3) is 0.467. The van der Waals surface area contributed by atoms with Gasteiger partial charge in [-0.1, -0.05) is 0 Å². The van der Waals surface area contributed by atoms with Gasteiger partial charge in [0.2, 0.25) is 0 Å². The van der Waals surface area contributed by atoms with Gasteiger partial charge in [-0.25, -0.2) is 12.8 Å². The van der Waals surface area contributed by atoms with Gasteiger partial charge >= 0.3 is 5.97 Å². The van der Waals surface area contributed by atoms with E-state index in [9.17, 15) is 22.4 Å². The Morgan fingerprint density at radius 1 is 1.35 bits per heavy atom. The number of hydrogen-bond donors (Lipinski definition) is 1. The molecule has 1 aliphatic heterocycles. The van der Waals surface area contributed by atoms with Crippen LogP contribution in [-0.2, 0) is 24.2 Å². The van der Waals surface area contributed by atoms with Gasteiger partial charge in [0.15, 0.2) is 15.9 Å². The Kier molecular flexibility index (Phi) is 5.35. The molecule has 126 valence electrons. The summed E-state index contributed by atoms with van der Waals surface area (Å²) in [4.78, 5) is 23.7. The van der Waals surface area contributed by atoms with Gasteiger partial charge in [-0.15, -0.1) is 0 Å². The van der Waals surface area contributed by atoms with Gasteiger partial charge in [0.05, 0.1) is 11.5 Å². The minimum absolute atomic E-state index is 0.0156. The highest BCUT2D eigenvalue weighted by Gasteiger charge is 2.30. The van der Waals surface area contributed by atoms with E-state index < -0.39 is 33.6 Å². The summed E-state index contributed by atoms with van der Waals surface area (Å²) in [7, 11) is -3.05. The van der Waals surface area contributed by atoms with Crippen LogP contribution >= 0.6 is 0 Å². The SMILES string of the molecule is C[C@@H](OC(=O)C[C@@H]1CCS(=O)(=O)C1)C(=O)Nc1ccc(F)cc1. The molecular weight excluding hydrogens is 325 g/mol. The quantitative estimate of drug-likeness (QED) is 0.819. The Morgan fingerprint density at radius 2 is 2.00 bits per heavy atom. The molecule has 23 heavy (non-hydrogen) atoms. The summed E-state index contributed by atoms with van der Waals surface area (Å²) in [5.41, 5.74) is 0.390. The predicted molar refractivity (Wildman–Crippen MR) is 82.0 cm³/mol. The summed E-state index contributed by atoms with van der Waals surface area (Å²) in [5, 5.41) is 2.50. The number of ether oxygens (including phenoxy) is 1. The molecule has 0 bridgehead atoms. The molecule has 2 rings (SSSR count). The number of rotatable bonds is 5. The van der Waals surface area contributed by atoms with Crippen molar-refractivity contribution in [2.45, 2.75) is 25.9 Å². The average Bonchev–Trinajstić information content (AvgIpc) is 2.80. The molecule has 0 spiro atoms. The van der Waals surface area contributed by atoms with Crippen molar-refractivity contribution in [1.29, 1.82) is 0 Å². The Balaban J connectivity index is 1.81. The van der Waals surface area contributed by atoms with E-state index in [0.717, 1.165) is 0 Å². The lowest BCUT2D eigenvalue weighted by Crippen LogP contribution is -2.30. The number of amides is 1. The fourth-order valence-electron chi connectivity index (χ4n) is 2.34. The lowest BCUT2D eigenvalue weighted by molar-refractivity contribution is -0.153. The van der Waals surface area contributed by atoms with Crippen molar-refractivity contribution < 1.29 is 27.1 Å². The minimum atomic E-state index is -3.05. The highest BCUT2D eigenvalue weighted by atomic mass is 32.2. The normalized spacial score (nSPS) is 20.7. The molecule has 0 aliphatic carbocycles. The van der Waals surface area contributed by atoms with Gasteiger partial charge in [0.25, 0.3) is 5.91 Å². The molecule has 2 atom stereocenters. The molecule has 1 aromatic rings. The Hall–Kier alpha value is -1.96. The number of hydrogen-bond acceptors (Lipinski definition) is 5. The van der Waals surface area contributed by atoms with Crippen LogP contribution in [0, 0.1) is 11.7 Å². The molecular formula is C15H18FNO5S.